The van der Waals surface area contributed by atoms with Crippen LogP contribution in [0.4, 0.5) is 5.69 Å². The van der Waals surface area contributed by atoms with Gasteiger partial charge in [0, 0.05) is 37.9 Å². The van der Waals surface area contributed by atoms with E-state index in [1.807, 2.05) is 24.3 Å². The Kier molecular flexibility index (Phi) is 7.92. The number of hydrogen-bond donors (Lipinski definition) is 1. The number of methoxy groups -OCH3 is 2. The van der Waals surface area contributed by atoms with Gasteiger partial charge < -0.3 is 33.4 Å². The average Bonchev–Trinajstić information content (AvgIpc) is 2.98. The van der Waals surface area contributed by atoms with Crippen molar-refractivity contribution in [1.29, 1.82) is 0 Å². The lowest BCUT2D eigenvalue weighted by Crippen LogP contribution is -2.46. The quantitative estimate of drug-likeness (QED) is 0.431. The second-order valence-corrected chi connectivity index (χ2v) is 9.49. The van der Waals surface area contributed by atoms with Gasteiger partial charge in [-0.25, -0.2) is 0 Å². The molecule has 0 spiro atoms. The van der Waals surface area contributed by atoms with Gasteiger partial charge in [-0.2, -0.15) is 0 Å². The molecule has 0 radical (unpaired) electrons. The molecule has 206 valence electrons. The van der Waals surface area contributed by atoms with Gasteiger partial charge in [0.1, 0.15) is 24.7 Å². The number of benzene rings is 2. The highest BCUT2D eigenvalue weighted by molar-refractivity contribution is 5.71. The number of fused-ring (bicyclic) bond motifs is 1. The fourth-order valence-corrected chi connectivity index (χ4v) is 4.94. The first-order valence-electron chi connectivity index (χ1n) is 12.9. The molecule has 39 heavy (non-hydrogen) atoms. The fourth-order valence-electron chi connectivity index (χ4n) is 4.94. The maximum Gasteiger partial charge on any atom is 0.306 e. The molecular formula is C29H32N2O8. The van der Waals surface area contributed by atoms with Crippen molar-refractivity contribution in [2.45, 2.75) is 18.9 Å². The van der Waals surface area contributed by atoms with Gasteiger partial charge in [0.2, 0.25) is 11.2 Å². The molecule has 5 rings (SSSR count). The van der Waals surface area contributed by atoms with Crippen LogP contribution < -0.4 is 24.5 Å². The Morgan fingerprint density at radius 2 is 1.69 bits per heavy atom. The third-order valence-electron chi connectivity index (χ3n) is 7.07. The summed E-state index contributed by atoms with van der Waals surface area (Å²) in [6.07, 6.45) is -0.128. The summed E-state index contributed by atoms with van der Waals surface area (Å²) in [5.41, 5.74) is 1.20. The van der Waals surface area contributed by atoms with E-state index in [-0.39, 0.29) is 12.2 Å². The van der Waals surface area contributed by atoms with Crippen LogP contribution in [0.1, 0.15) is 29.4 Å². The molecular weight excluding hydrogens is 504 g/mol. The molecule has 0 saturated carbocycles. The van der Waals surface area contributed by atoms with E-state index in [1.54, 1.807) is 25.3 Å². The number of rotatable bonds is 8. The molecule has 0 aliphatic carbocycles. The van der Waals surface area contributed by atoms with E-state index in [1.165, 1.54) is 13.2 Å². The van der Waals surface area contributed by atoms with Crippen molar-refractivity contribution in [3.05, 3.63) is 75.8 Å². The summed E-state index contributed by atoms with van der Waals surface area (Å²) in [5.74, 6) is 0.597. The molecule has 10 heteroatoms. The predicted octanol–water partition coefficient (Wildman–Crippen LogP) is 3.14. The highest BCUT2D eigenvalue weighted by Gasteiger charge is 2.29. The Morgan fingerprint density at radius 1 is 0.974 bits per heavy atom. The fraction of sp³-hybridized carbons (Fsp3) is 0.379. The molecule has 0 bridgehead atoms. The van der Waals surface area contributed by atoms with E-state index in [0.29, 0.717) is 42.6 Å². The number of nitrogens with zero attached hydrogens (tertiary/aromatic N) is 2. The van der Waals surface area contributed by atoms with Crippen LogP contribution in [-0.4, -0.2) is 69.6 Å². The highest BCUT2D eigenvalue weighted by Crippen LogP contribution is 2.39. The molecule has 1 aromatic heterocycles. The van der Waals surface area contributed by atoms with Crippen LogP contribution in [0.15, 0.2) is 57.7 Å². The van der Waals surface area contributed by atoms with Crippen LogP contribution in [-0.2, 0) is 16.1 Å². The summed E-state index contributed by atoms with van der Waals surface area (Å²) in [6.45, 7) is 4.39. The maximum atomic E-state index is 12.8. The number of carbonyl (C=O) groups excluding carboxylic acids is 1. The number of anilines is 1. The van der Waals surface area contributed by atoms with Crippen LogP contribution in [0.25, 0.3) is 0 Å². The summed E-state index contributed by atoms with van der Waals surface area (Å²) in [4.78, 5) is 29.6. The normalized spacial score (nSPS) is 16.0. The molecule has 3 heterocycles. The van der Waals surface area contributed by atoms with Gasteiger partial charge >= 0.3 is 5.97 Å². The maximum absolute atomic E-state index is 12.8. The summed E-state index contributed by atoms with van der Waals surface area (Å²) >= 11 is 0. The van der Waals surface area contributed by atoms with E-state index in [2.05, 4.69) is 9.80 Å². The second-order valence-electron chi connectivity index (χ2n) is 9.49. The lowest BCUT2D eigenvalue weighted by atomic mass is 9.91. The number of aromatic hydroxyl groups is 1. The SMILES string of the molecule is COC(=O)C[C@@H](c1ccc2c(c1)OCCO2)c1oc(CN2CCN(c3ccc(OC)cc3)CC2)cc(=O)c1O. The first kappa shape index (κ1) is 26.4. The van der Waals surface area contributed by atoms with Crippen LogP contribution in [0, 0.1) is 0 Å². The number of carbonyl (C=O) groups is 1. The Hall–Kier alpha value is -4.18. The molecule has 0 unspecified atom stereocenters. The van der Waals surface area contributed by atoms with Crippen molar-refractivity contribution in [3.63, 3.8) is 0 Å². The van der Waals surface area contributed by atoms with Crippen molar-refractivity contribution >= 4 is 11.7 Å². The van der Waals surface area contributed by atoms with E-state index in [9.17, 15) is 14.7 Å². The molecule has 1 saturated heterocycles. The average molecular weight is 537 g/mol. The Bertz CT molecular complexity index is 1360. The van der Waals surface area contributed by atoms with Gasteiger partial charge in [-0.05, 0) is 42.0 Å². The monoisotopic (exact) mass is 536 g/mol. The zero-order valence-corrected chi connectivity index (χ0v) is 22.1. The minimum atomic E-state index is -0.757. The van der Waals surface area contributed by atoms with Crippen molar-refractivity contribution in [2.24, 2.45) is 0 Å². The van der Waals surface area contributed by atoms with Crippen molar-refractivity contribution in [3.8, 4) is 23.0 Å². The molecule has 0 amide bonds. The van der Waals surface area contributed by atoms with Crippen LogP contribution >= 0.6 is 0 Å². The Balaban J connectivity index is 1.36. The minimum absolute atomic E-state index is 0.0245. The summed E-state index contributed by atoms with van der Waals surface area (Å²) in [5, 5.41) is 10.7. The Morgan fingerprint density at radius 3 is 2.38 bits per heavy atom. The van der Waals surface area contributed by atoms with Gasteiger partial charge in [0.25, 0.3) is 0 Å². The Labute approximate surface area is 226 Å². The van der Waals surface area contributed by atoms with Gasteiger partial charge in [0.05, 0.1) is 33.1 Å². The van der Waals surface area contributed by atoms with Crippen LogP contribution in [0.2, 0.25) is 0 Å². The number of piperazine rings is 1. The third-order valence-corrected chi connectivity index (χ3v) is 7.07. The zero-order chi connectivity index (χ0) is 27.4. The minimum Gasteiger partial charge on any atom is -0.502 e. The van der Waals surface area contributed by atoms with Crippen molar-refractivity contribution < 1.29 is 33.3 Å². The number of esters is 1. The molecule has 2 aliphatic rings. The predicted molar refractivity (Wildman–Crippen MR) is 143 cm³/mol. The topological polar surface area (TPSA) is 111 Å². The van der Waals surface area contributed by atoms with E-state index < -0.39 is 23.1 Å². The van der Waals surface area contributed by atoms with Gasteiger partial charge in [0.15, 0.2) is 17.3 Å². The molecule has 2 aromatic carbocycles. The van der Waals surface area contributed by atoms with Crippen molar-refractivity contribution in [2.75, 3.05) is 58.5 Å². The second kappa shape index (κ2) is 11.7. The first-order valence-corrected chi connectivity index (χ1v) is 12.9. The molecule has 1 fully saturated rings. The molecule has 1 atom stereocenters. The first-order chi connectivity index (χ1) is 18.9. The standard InChI is InChI=1S/C29H32N2O8/c1-35-21-6-4-20(5-7-21)31-11-9-30(10-12-31)18-22-16-24(32)28(34)29(39-22)23(17-27(33)36-2)19-3-8-25-26(15-19)38-14-13-37-25/h3-8,15-16,23,34H,9-14,17-18H2,1-2H3/t23-/m0/s1. The lowest BCUT2D eigenvalue weighted by Gasteiger charge is -2.36. The summed E-state index contributed by atoms with van der Waals surface area (Å²) in [6, 6.07) is 14.5. The lowest BCUT2D eigenvalue weighted by molar-refractivity contribution is -0.140. The summed E-state index contributed by atoms with van der Waals surface area (Å²) in [7, 11) is 2.94. The van der Waals surface area contributed by atoms with Gasteiger partial charge in [-0.3, -0.25) is 14.5 Å². The number of hydrogen-bond acceptors (Lipinski definition) is 10. The van der Waals surface area contributed by atoms with Crippen molar-refractivity contribution in [1.82, 2.24) is 4.90 Å². The third kappa shape index (κ3) is 5.96. The zero-order valence-electron chi connectivity index (χ0n) is 22.1. The van der Waals surface area contributed by atoms with Gasteiger partial charge in [-0.15, -0.1) is 0 Å². The smallest absolute Gasteiger partial charge is 0.306 e. The number of ether oxygens (including phenoxy) is 4. The van der Waals surface area contributed by atoms with Gasteiger partial charge in [-0.1, -0.05) is 6.07 Å². The molecule has 3 aromatic rings. The summed E-state index contributed by atoms with van der Waals surface area (Å²) < 4.78 is 27.6. The van der Waals surface area contributed by atoms with E-state index in [4.69, 9.17) is 23.4 Å². The molecule has 2 aliphatic heterocycles. The van der Waals surface area contributed by atoms with Crippen LogP contribution in [0.5, 0.6) is 23.0 Å². The largest absolute Gasteiger partial charge is 0.502 e. The highest BCUT2D eigenvalue weighted by atomic mass is 16.6. The molecule has 1 N–H and O–H groups in total. The van der Waals surface area contributed by atoms with Crippen LogP contribution in [0.3, 0.4) is 0 Å². The van der Waals surface area contributed by atoms with E-state index >= 15 is 0 Å². The van der Waals surface area contributed by atoms with E-state index in [0.717, 1.165) is 37.6 Å². The molecule has 10 nitrogen and oxygen atoms in total.